The number of rotatable bonds is 3. The first-order valence-electron chi connectivity index (χ1n) is 7.69. The Morgan fingerprint density at radius 1 is 1.08 bits per heavy atom. The Bertz CT molecular complexity index is 1070. The minimum absolute atomic E-state index is 0.0881. The summed E-state index contributed by atoms with van der Waals surface area (Å²) in [6.07, 6.45) is 1.51. The predicted molar refractivity (Wildman–Crippen MR) is 96.4 cm³/mol. The van der Waals surface area contributed by atoms with E-state index in [1.54, 1.807) is 24.3 Å². The van der Waals surface area contributed by atoms with Crippen LogP contribution in [-0.2, 0) is 4.74 Å². The number of hydrogen-bond acceptors (Lipinski definition) is 5. The van der Waals surface area contributed by atoms with Crippen LogP contribution in [0.5, 0.6) is 0 Å². The molecule has 0 unspecified atom stereocenters. The largest absolute Gasteiger partial charge is 0.464 e. The number of esters is 1. The number of aromatic nitrogens is 1. The maximum Gasteiger partial charge on any atom is 0.357 e. The number of methoxy groups -OCH3 is 1. The molecule has 26 heavy (non-hydrogen) atoms. The fourth-order valence-electron chi connectivity index (χ4n) is 2.70. The van der Waals surface area contributed by atoms with Gasteiger partial charge in [-0.2, -0.15) is 10.5 Å². The average Bonchev–Trinajstić information content (AvgIpc) is 3.04. The van der Waals surface area contributed by atoms with E-state index in [2.05, 4.69) is 6.07 Å². The van der Waals surface area contributed by atoms with Crippen LogP contribution in [-0.4, -0.2) is 17.6 Å². The molecule has 1 heterocycles. The first kappa shape index (κ1) is 16.8. The third kappa shape index (κ3) is 2.88. The highest BCUT2D eigenvalue weighted by Crippen LogP contribution is 2.27. The zero-order chi connectivity index (χ0) is 18.7. The number of benzene rings is 2. The van der Waals surface area contributed by atoms with E-state index in [0.717, 1.165) is 11.1 Å². The van der Waals surface area contributed by atoms with Crippen molar-refractivity contribution in [1.29, 1.82) is 10.5 Å². The Balaban J connectivity index is 2.06. The van der Waals surface area contributed by atoms with Gasteiger partial charge >= 0.3 is 5.97 Å². The summed E-state index contributed by atoms with van der Waals surface area (Å²) in [5.41, 5.74) is 9.39. The Morgan fingerprint density at radius 2 is 1.81 bits per heavy atom. The number of nitrogens with zero attached hydrogens (tertiary/aromatic N) is 3. The highest BCUT2D eigenvalue weighted by Gasteiger charge is 2.21. The fraction of sp³-hybridized carbons (Fsp3) is 0.0500. The van der Waals surface area contributed by atoms with E-state index >= 15 is 0 Å². The lowest BCUT2D eigenvalue weighted by Gasteiger charge is -2.09. The highest BCUT2D eigenvalue weighted by atomic mass is 16.5. The van der Waals surface area contributed by atoms with E-state index in [0.29, 0.717) is 11.3 Å². The SMILES string of the molecule is COC(=O)c1c(N)c(C#N)cn1-c1ccc(-c2cccc(C#N)c2)cc1. The van der Waals surface area contributed by atoms with Crippen LogP contribution in [0.2, 0.25) is 0 Å². The number of ether oxygens (including phenoxy) is 1. The molecule has 0 aliphatic rings. The minimum atomic E-state index is -0.616. The first-order chi connectivity index (χ1) is 12.6. The lowest BCUT2D eigenvalue weighted by molar-refractivity contribution is 0.0593. The molecule has 0 saturated heterocycles. The summed E-state index contributed by atoms with van der Waals surface area (Å²) in [6, 6.07) is 18.7. The van der Waals surface area contributed by atoms with Gasteiger partial charge in [-0.1, -0.05) is 24.3 Å². The van der Waals surface area contributed by atoms with Gasteiger partial charge in [-0.3, -0.25) is 0 Å². The lowest BCUT2D eigenvalue weighted by Crippen LogP contribution is -2.11. The number of carbonyl (C=O) groups excluding carboxylic acids is 1. The van der Waals surface area contributed by atoms with Crippen LogP contribution in [0.4, 0.5) is 5.69 Å². The second-order valence-electron chi connectivity index (χ2n) is 5.52. The molecule has 3 aromatic rings. The molecule has 1 aromatic heterocycles. The van der Waals surface area contributed by atoms with Gasteiger partial charge in [0.2, 0.25) is 0 Å². The van der Waals surface area contributed by atoms with Gasteiger partial charge in [0.15, 0.2) is 5.69 Å². The number of anilines is 1. The second-order valence-corrected chi connectivity index (χ2v) is 5.52. The molecule has 3 rings (SSSR count). The van der Waals surface area contributed by atoms with Crippen molar-refractivity contribution in [3.63, 3.8) is 0 Å². The molecule has 0 aliphatic carbocycles. The monoisotopic (exact) mass is 342 g/mol. The van der Waals surface area contributed by atoms with Crippen molar-refractivity contribution in [3.05, 3.63) is 71.5 Å². The molecular formula is C20H14N4O2. The molecule has 0 saturated carbocycles. The van der Waals surface area contributed by atoms with Gasteiger partial charge in [0.05, 0.1) is 30.0 Å². The summed E-state index contributed by atoms with van der Waals surface area (Å²) in [4.78, 5) is 12.1. The summed E-state index contributed by atoms with van der Waals surface area (Å²) >= 11 is 0. The van der Waals surface area contributed by atoms with Gasteiger partial charge in [0.1, 0.15) is 6.07 Å². The number of hydrogen-bond donors (Lipinski definition) is 1. The Hall–Kier alpha value is -4.03. The number of nitriles is 2. The molecule has 126 valence electrons. The molecule has 0 amide bonds. The van der Waals surface area contributed by atoms with E-state index in [9.17, 15) is 10.1 Å². The van der Waals surface area contributed by atoms with Crippen molar-refractivity contribution in [3.8, 4) is 29.0 Å². The van der Waals surface area contributed by atoms with Gasteiger partial charge < -0.3 is 15.0 Å². The van der Waals surface area contributed by atoms with Crippen molar-refractivity contribution in [2.24, 2.45) is 0 Å². The maximum atomic E-state index is 12.1. The zero-order valence-corrected chi connectivity index (χ0v) is 13.9. The Morgan fingerprint density at radius 3 is 2.42 bits per heavy atom. The minimum Gasteiger partial charge on any atom is -0.464 e. The number of nitrogen functional groups attached to an aromatic ring is 1. The molecule has 0 fully saturated rings. The standard InChI is InChI=1S/C20H14N4O2/c1-26-20(25)19-18(23)16(11-22)12-24(19)17-7-5-14(6-8-17)15-4-2-3-13(9-15)10-21/h2-9,12H,23H2,1H3. The summed E-state index contributed by atoms with van der Waals surface area (Å²) in [6.45, 7) is 0. The number of carbonyl (C=O) groups is 1. The van der Waals surface area contributed by atoms with Crippen molar-refractivity contribution >= 4 is 11.7 Å². The molecule has 2 aromatic carbocycles. The van der Waals surface area contributed by atoms with E-state index in [-0.39, 0.29) is 16.9 Å². The van der Waals surface area contributed by atoms with Crippen LogP contribution in [0, 0.1) is 22.7 Å². The molecular weight excluding hydrogens is 328 g/mol. The van der Waals surface area contributed by atoms with Crippen LogP contribution >= 0.6 is 0 Å². The number of nitrogens with two attached hydrogens (primary N) is 1. The average molecular weight is 342 g/mol. The summed E-state index contributed by atoms with van der Waals surface area (Å²) in [7, 11) is 1.26. The Kier molecular flexibility index (Phi) is 4.42. The Labute approximate surface area is 150 Å². The van der Waals surface area contributed by atoms with Crippen molar-refractivity contribution in [1.82, 2.24) is 4.57 Å². The van der Waals surface area contributed by atoms with Crippen LogP contribution in [0.25, 0.3) is 16.8 Å². The molecule has 0 radical (unpaired) electrons. The van der Waals surface area contributed by atoms with Crippen LogP contribution in [0.3, 0.4) is 0 Å². The van der Waals surface area contributed by atoms with Crippen LogP contribution < -0.4 is 5.73 Å². The van der Waals surface area contributed by atoms with Crippen molar-refractivity contribution in [2.75, 3.05) is 12.8 Å². The van der Waals surface area contributed by atoms with Crippen molar-refractivity contribution < 1.29 is 9.53 Å². The van der Waals surface area contributed by atoms with E-state index in [1.165, 1.54) is 17.9 Å². The highest BCUT2D eigenvalue weighted by molar-refractivity contribution is 5.96. The van der Waals surface area contributed by atoms with E-state index in [4.69, 9.17) is 15.7 Å². The molecule has 6 nitrogen and oxygen atoms in total. The maximum absolute atomic E-state index is 12.1. The van der Waals surface area contributed by atoms with E-state index < -0.39 is 5.97 Å². The summed E-state index contributed by atoms with van der Waals surface area (Å²) < 4.78 is 6.31. The molecule has 0 atom stereocenters. The summed E-state index contributed by atoms with van der Waals surface area (Å²) in [5, 5.41) is 18.2. The van der Waals surface area contributed by atoms with Crippen LogP contribution in [0.15, 0.2) is 54.7 Å². The van der Waals surface area contributed by atoms with Gasteiger partial charge in [-0.15, -0.1) is 0 Å². The quantitative estimate of drug-likeness (QED) is 0.736. The van der Waals surface area contributed by atoms with Gasteiger partial charge in [-0.25, -0.2) is 4.79 Å². The summed E-state index contributed by atoms with van der Waals surface area (Å²) in [5.74, 6) is -0.616. The molecule has 0 aliphatic heterocycles. The third-order valence-corrected chi connectivity index (χ3v) is 4.01. The van der Waals surface area contributed by atoms with Crippen molar-refractivity contribution in [2.45, 2.75) is 0 Å². The topological polar surface area (TPSA) is 105 Å². The molecule has 2 N–H and O–H groups in total. The smallest absolute Gasteiger partial charge is 0.357 e. The van der Waals surface area contributed by atoms with Gasteiger partial charge in [0, 0.05) is 11.9 Å². The second kappa shape index (κ2) is 6.84. The zero-order valence-electron chi connectivity index (χ0n) is 13.9. The first-order valence-corrected chi connectivity index (χ1v) is 7.69. The van der Waals surface area contributed by atoms with Gasteiger partial charge in [0.25, 0.3) is 0 Å². The molecule has 0 bridgehead atoms. The fourth-order valence-corrected chi connectivity index (χ4v) is 2.70. The normalized spacial score (nSPS) is 9.96. The van der Waals surface area contributed by atoms with Gasteiger partial charge in [-0.05, 0) is 35.4 Å². The molecule has 0 spiro atoms. The van der Waals surface area contributed by atoms with Crippen LogP contribution in [0.1, 0.15) is 21.6 Å². The molecule has 6 heteroatoms. The lowest BCUT2D eigenvalue weighted by atomic mass is 10.0. The van der Waals surface area contributed by atoms with E-state index in [1.807, 2.05) is 30.3 Å². The predicted octanol–water partition coefficient (Wildman–Crippen LogP) is 3.26. The third-order valence-electron chi connectivity index (χ3n) is 4.01.